The molecule has 4 nitrogen and oxygen atoms in total. The van der Waals surface area contributed by atoms with E-state index in [9.17, 15) is 0 Å². The van der Waals surface area contributed by atoms with Gasteiger partial charge in [-0.25, -0.2) is 9.97 Å². The average Bonchev–Trinajstić information content (AvgIpc) is 3.77. The summed E-state index contributed by atoms with van der Waals surface area (Å²) in [6.07, 6.45) is 0. The molecule has 12 rings (SSSR count). The Morgan fingerprint density at radius 3 is 1.94 bits per heavy atom. The molecule has 3 heterocycles. The molecule has 0 saturated carbocycles. The predicted molar refractivity (Wildman–Crippen MR) is 225 cm³/mol. The molecule has 0 spiro atoms. The van der Waals surface area contributed by atoms with Crippen molar-refractivity contribution in [1.82, 2.24) is 14.5 Å². The van der Waals surface area contributed by atoms with Gasteiger partial charge in [0, 0.05) is 49.0 Å². The van der Waals surface area contributed by atoms with Crippen LogP contribution in [0.2, 0.25) is 0 Å². The maximum absolute atomic E-state index is 6.82. The van der Waals surface area contributed by atoms with E-state index >= 15 is 0 Å². The van der Waals surface area contributed by atoms with Crippen LogP contribution in [0.25, 0.3) is 115 Å². The van der Waals surface area contributed by atoms with Gasteiger partial charge in [-0.05, 0) is 57.3 Å². The van der Waals surface area contributed by atoms with E-state index in [0.29, 0.717) is 5.95 Å². The van der Waals surface area contributed by atoms with E-state index in [1.807, 2.05) is 6.07 Å². The third-order valence-electron chi connectivity index (χ3n) is 11.1. The molecule has 4 heteroatoms. The van der Waals surface area contributed by atoms with E-state index < -0.39 is 0 Å². The Kier molecular flexibility index (Phi) is 6.02. The van der Waals surface area contributed by atoms with Gasteiger partial charge in [0.15, 0.2) is 0 Å². The highest BCUT2D eigenvalue weighted by Crippen LogP contribution is 2.46. The highest BCUT2D eigenvalue weighted by molar-refractivity contribution is 6.24. The fourth-order valence-corrected chi connectivity index (χ4v) is 8.72. The monoisotopic (exact) mass is 687 g/mol. The van der Waals surface area contributed by atoms with Gasteiger partial charge in [0.2, 0.25) is 5.95 Å². The quantitative estimate of drug-likeness (QED) is 0.174. The van der Waals surface area contributed by atoms with Crippen LogP contribution in [0.5, 0.6) is 0 Å². The minimum absolute atomic E-state index is 0.626. The van der Waals surface area contributed by atoms with Crippen molar-refractivity contribution in [3.8, 4) is 28.3 Å². The molecule has 12 aromatic rings. The summed E-state index contributed by atoms with van der Waals surface area (Å²) >= 11 is 0. The van der Waals surface area contributed by atoms with E-state index in [1.54, 1.807) is 0 Å². The first-order chi connectivity index (χ1) is 26.8. The lowest BCUT2D eigenvalue weighted by Crippen LogP contribution is -2.04. The molecule has 54 heavy (non-hydrogen) atoms. The van der Waals surface area contributed by atoms with Gasteiger partial charge in [0.25, 0.3) is 0 Å². The van der Waals surface area contributed by atoms with Crippen molar-refractivity contribution in [3.63, 3.8) is 0 Å². The molecule has 0 fully saturated rings. The fourth-order valence-electron chi connectivity index (χ4n) is 8.72. The number of rotatable bonds is 3. The second-order valence-electron chi connectivity index (χ2n) is 14.1. The smallest absolute Gasteiger partial charge is 0.235 e. The first-order valence-electron chi connectivity index (χ1n) is 18.3. The second-order valence-corrected chi connectivity index (χ2v) is 14.1. The third kappa shape index (κ3) is 4.13. The van der Waals surface area contributed by atoms with Gasteiger partial charge < -0.3 is 4.42 Å². The van der Waals surface area contributed by atoms with Gasteiger partial charge in [-0.3, -0.25) is 4.57 Å². The predicted octanol–water partition coefficient (Wildman–Crippen LogP) is 13.4. The number of hydrogen-bond donors (Lipinski definition) is 0. The highest BCUT2D eigenvalue weighted by atomic mass is 16.3. The van der Waals surface area contributed by atoms with E-state index in [2.05, 4.69) is 174 Å². The topological polar surface area (TPSA) is 43.9 Å². The number of fused-ring (bicyclic) bond motifs is 11. The molecule has 0 amide bonds. The SMILES string of the molecule is c1ccc(-c2nc(-n3c4cc5ccccc5cc4c4cccc(-c5c6ccccc6cc6c5oc5ccccc56)c43)nc3c2ccc2ccccc23)cc1. The van der Waals surface area contributed by atoms with Crippen LogP contribution in [0.1, 0.15) is 0 Å². The molecule has 0 unspecified atom stereocenters. The number of furan rings is 1. The molecule has 0 aliphatic carbocycles. The van der Waals surface area contributed by atoms with Crippen LogP contribution in [-0.4, -0.2) is 14.5 Å². The molecule has 0 bridgehead atoms. The van der Waals surface area contributed by atoms with E-state index in [4.69, 9.17) is 14.4 Å². The molecule has 0 saturated heterocycles. The Bertz CT molecular complexity index is 3500. The Balaban J connectivity index is 1.30. The zero-order valence-electron chi connectivity index (χ0n) is 29.0. The molecule has 0 radical (unpaired) electrons. The van der Waals surface area contributed by atoms with Crippen molar-refractivity contribution in [3.05, 3.63) is 176 Å². The molecule has 250 valence electrons. The molecule has 0 atom stereocenters. The molecule has 0 aliphatic heterocycles. The lowest BCUT2D eigenvalue weighted by Gasteiger charge is -2.15. The summed E-state index contributed by atoms with van der Waals surface area (Å²) in [5, 5.41) is 12.4. The number of para-hydroxylation sites is 2. The van der Waals surface area contributed by atoms with E-state index in [-0.39, 0.29) is 0 Å². The molecule has 9 aromatic carbocycles. The highest BCUT2D eigenvalue weighted by Gasteiger charge is 2.24. The standard InChI is InChI=1S/C50H29N3O/c1-2-14-31(15-3-1)46-40-26-25-30-13-6-9-20-36(30)47(40)52-50(51-46)53-43-29-33-17-5-4-16-32(33)27-41(43)38-22-12-23-39(48(38)53)45-35-19-8-7-18-34(35)28-42-37-21-10-11-24-44(37)54-49(42)45/h1-29H. The van der Waals surface area contributed by atoms with Crippen LogP contribution in [0, 0.1) is 0 Å². The van der Waals surface area contributed by atoms with E-state index in [1.165, 1.54) is 5.39 Å². The Morgan fingerprint density at radius 2 is 1.09 bits per heavy atom. The summed E-state index contributed by atoms with van der Waals surface area (Å²) in [7, 11) is 0. The number of aromatic nitrogens is 3. The molecule has 3 aromatic heterocycles. The van der Waals surface area contributed by atoms with Crippen molar-refractivity contribution in [2.75, 3.05) is 0 Å². The van der Waals surface area contributed by atoms with Gasteiger partial charge in [0.05, 0.1) is 22.2 Å². The normalized spacial score (nSPS) is 12.1. The average molecular weight is 688 g/mol. The van der Waals surface area contributed by atoms with Crippen molar-refractivity contribution in [1.29, 1.82) is 0 Å². The van der Waals surface area contributed by atoms with Crippen molar-refractivity contribution in [2.24, 2.45) is 0 Å². The lowest BCUT2D eigenvalue weighted by molar-refractivity contribution is 0.670. The molecular formula is C50H29N3O. The summed E-state index contributed by atoms with van der Waals surface area (Å²) in [5.41, 5.74) is 8.85. The van der Waals surface area contributed by atoms with Crippen molar-refractivity contribution >= 4 is 87.0 Å². The van der Waals surface area contributed by atoms with Crippen molar-refractivity contribution in [2.45, 2.75) is 0 Å². The Labute approximate surface area is 309 Å². The van der Waals surface area contributed by atoms with Crippen LogP contribution in [0.4, 0.5) is 0 Å². The molecular weight excluding hydrogens is 659 g/mol. The molecule has 0 aliphatic rings. The van der Waals surface area contributed by atoms with Crippen LogP contribution < -0.4 is 0 Å². The first-order valence-corrected chi connectivity index (χ1v) is 18.3. The minimum atomic E-state index is 0.626. The summed E-state index contributed by atoms with van der Waals surface area (Å²) < 4.78 is 9.12. The van der Waals surface area contributed by atoms with Gasteiger partial charge in [-0.2, -0.15) is 0 Å². The fraction of sp³-hybridized carbons (Fsp3) is 0. The van der Waals surface area contributed by atoms with E-state index in [0.717, 1.165) is 104 Å². The van der Waals surface area contributed by atoms with Crippen LogP contribution in [-0.2, 0) is 0 Å². The maximum atomic E-state index is 6.82. The van der Waals surface area contributed by atoms with Gasteiger partial charge in [-0.1, -0.05) is 146 Å². The van der Waals surface area contributed by atoms with Crippen LogP contribution in [0.15, 0.2) is 180 Å². The second kappa shape index (κ2) is 11.1. The first kappa shape index (κ1) is 29.3. The lowest BCUT2D eigenvalue weighted by atomic mass is 9.93. The van der Waals surface area contributed by atoms with Gasteiger partial charge >= 0.3 is 0 Å². The molecule has 0 N–H and O–H groups in total. The number of nitrogens with zero attached hydrogens (tertiary/aromatic N) is 3. The zero-order chi connectivity index (χ0) is 35.3. The Hall–Kier alpha value is -7.30. The van der Waals surface area contributed by atoms with Gasteiger partial charge in [-0.15, -0.1) is 0 Å². The number of benzene rings is 9. The zero-order valence-corrected chi connectivity index (χ0v) is 29.0. The third-order valence-corrected chi connectivity index (χ3v) is 11.1. The van der Waals surface area contributed by atoms with Crippen LogP contribution in [0.3, 0.4) is 0 Å². The largest absolute Gasteiger partial charge is 0.455 e. The summed E-state index contributed by atoms with van der Waals surface area (Å²) in [6.45, 7) is 0. The minimum Gasteiger partial charge on any atom is -0.455 e. The summed E-state index contributed by atoms with van der Waals surface area (Å²) in [6, 6.07) is 62.4. The number of hydrogen-bond acceptors (Lipinski definition) is 3. The Morgan fingerprint density at radius 1 is 0.426 bits per heavy atom. The van der Waals surface area contributed by atoms with Crippen LogP contribution >= 0.6 is 0 Å². The summed E-state index contributed by atoms with van der Waals surface area (Å²) in [4.78, 5) is 11.1. The maximum Gasteiger partial charge on any atom is 0.235 e. The van der Waals surface area contributed by atoms with Gasteiger partial charge in [0.1, 0.15) is 11.2 Å². The summed E-state index contributed by atoms with van der Waals surface area (Å²) in [5.74, 6) is 0.626. The van der Waals surface area contributed by atoms with Crippen molar-refractivity contribution < 1.29 is 4.42 Å².